The molecule has 0 radical (unpaired) electrons. The van der Waals surface area contributed by atoms with Crippen molar-refractivity contribution in [1.29, 1.82) is 0 Å². The summed E-state index contributed by atoms with van der Waals surface area (Å²) in [6.45, 7) is 11.5. The minimum atomic E-state index is 0.356. The lowest BCUT2D eigenvalue weighted by Crippen LogP contribution is -2.34. The first-order chi connectivity index (χ1) is 7.63. The lowest BCUT2D eigenvalue weighted by Gasteiger charge is -2.30. The van der Waals surface area contributed by atoms with Crippen LogP contribution in [0.5, 0.6) is 0 Å². The molecule has 2 heteroatoms. The molecule has 1 rings (SSSR count). The Morgan fingerprint density at radius 3 is 2.31 bits per heavy atom. The number of nitrogens with two attached hydrogens (primary N) is 1. The molecule has 0 fully saturated rings. The zero-order valence-electron chi connectivity index (χ0n) is 11.0. The minimum absolute atomic E-state index is 0.356. The van der Waals surface area contributed by atoms with Crippen LogP contribution in [-0.4, -0.2) is 24.5 Å². The van der Waals surface area contributed by atoms with Crippen molar-refractivity contribution < 1.29 is 0 Å². The van der Waals surface area contributed by atoms with Crippen LogP contribution < -0.4 is 5.73 Å². The average molecular weight is 220 g/mol. The van der Waals surface area contributed by atoms with Gasteiger partial charge in [-0.15, -0.1) is 0 Å². The fraction of sp³-hybridized carbons (Fsp3) is 0.571. The molecule has 0 heterocycles. The second-order valence-corrected chi connectivity index (χ2v) is 4.33. The minimum Gasteiger partial charge on any atom is -0.329 e. The van der Waals surface area contributed by atoms with Crippen LogP contribution >= 0.6 is 0 Å². The second kappa shape index (κ2) is 6.02. The molecule has 0 saturated heterocycles. The highest BCUT2D eigenvalue weighted by molar-refractivity contribution is 5.33. The van der Waals surface area contributed by atoms with Crippen LogP contribution in [0.4, 0.5) is 0 Å². The summed E-state index contributed by atoms with van der Waals surface area (Å²) in [5.74, 6) is 0. The molecule has 1 unspecified atom stereocenters. The van der Waals surface area contributed by atoms with Crippen LogP contribution in [0, 0.1) is 13.8 Å². The van der Waals surface area contributed by atoms with Gasteiger partial charge in [0.1, 0.15) is 0 Å². The molecule has 0 bridgehead atoms. The quantitative estimate of drug-likeness (QED) is 0.826. The molecule has 0 spiro atoms. The second-order valence-electron chi connectivity index (χ2n) is 4.33. The van der Waals surface area contributed by atoms with Crippen molar-refractivity contribution in [3.63, 3.8) is 0 Å². The van der Waals surface area contributed by atoms with Crippen molar-refractivity contribution in [2.24, 2.45) is 5.73 Å². The normalized spacial score (nSPS) is 13.1. The molecular formula is C14H24N2. The average Bonchev–Trinajstić information content (AvgIpc) is 2.29. The van der Waals surface area contributed by atoms with Gasteiger partial charge in [-0.3, -0.25) is 4.90 Å². The van der Waals surface area contributed by atoms with Crippen molar-refractivity contribution in [1.82, 2.24) is 4.90 Å². The predicted octanol–water partition coefficient (Wildman–Crippen LogP) is 2.65. The van der Waals surface area contributed by atoms with E-state index in [4.69, 9.17) is 5.73 Å². The van der Waals surface area contributed by atoms with Crippen molar-refractivity contribution in [3.8, 4) is 0 Å². The summed E-state index contributed by atoms with van der Waals surface area (Å²) in [6, 6.07) is 6.98. The van der Waals surface area contributed by atoms with Crippen molar-refractivity contribution in [2.75, 3.05) is 19.6 Å². The summed E-state index contributed by atoms with van der Waals surface area (Å²) in [5.41, 5.74) is 9.97. The van der Waals surface area contributed by atoms with Gasteiger partial charge in [0.25, 0.3) is 0 Å². The van der Waals surface area contributed by atoms with Gasteiger partial charge in [-0.1, -0.05) is 37.6 Å². The fourth-order valence-electron chi connectivity index (χ4n) is 2.26. The summed E-state index contributed by atoms with van der Waals surface area (Å²) in [5, 5.41) is 0. The molecule has 1 atom stereocenters. The fourth-order valence-corrected chi connectivity index (χ4v) is 2.26. The highest BCUT2D eigenvalue weighted by atomic mass is 15.2. The standard InChI is InChI=1S/C14H24N2/c1-5-16(6-2)14(10-15)13-9-11(3)7-8-12(13)4/h7-9,14H,5-6,10,15H2,1-4H3. The Morgan fingerprint density at radius 1 is 1.19 bits per heavy atom. The predicted molar refractivity (Wildman–Crippen MR) is 70.6 cm³/mol. The third-order valence-corrected chi connectivity index (χ3v) is 3.27. The Morgan fingerprint density at radius 2 is 1.81 bits per heavy atom. The molecule has 16 heavy (non-hydrogen) atoms. The van der Waals surface area contributed by atoms with Gasteiger partial charge >= 0.3 is 0 Å². The molecule has 0 aromatic heterocycles. The van der Waals surface area contributed by atoms with E-state index < -0.39 is 0 Å². The van der Waals surface area contributed by atoms with Gasteiger partial charge in [-0.05, 0) is 38.1 Å². The molecule has 2 nitrogen and oxygen atoms in total. The third kappa shape index (κ3) is 2.83. The van der Waals surface area contributed by atoms with Gasteiger partial charge in [0.2, 0.25) is 0 Å². The van der Waals surface area contributed by atoms with E-state index in [0.717, 1.165) is 13.1 Å². The molecular weight excluding hydrogens is 196 g/mol. The van der Waals surface area contributed by atoms with Crippen LogP contribution in [0.3, 0.4) is 0 Å². The molecule has 90 valence electrons. The van der Waals surface area contributed by atoms with Crippen LogP contribution in [0.15, 0.2) is 18.2 Å². The summed E-state index contributed by atoms with van der Waals surface area (Å²) < 4.78 is 0. The molecule has 0 aliphatic heterocycles. The number of likely N-dealkylation sites (N-methyl/N-ethyl adjacent to an activating group) is 1. The van der Waals surface area contributed by atoms with Crippen molar-refractivity contribution in [3.05, 3.63) is 34.9 Å². The topological polar surface area (TPSA) is 29.3 Å². The zero-order valence-corrected chi connectivity index (χ0v) is 11.0. The number of benzene rings is 1. The Hall–Kier alpha value is -0.860. The maximum atomic E-state index is 5.93. The van der Waals surface area contributed by atoms with Gasteiger partial charge in [0, 0.05) is 12.6 Å². The van der Waals surface area contributed by atoms with Crippen LogP contribution in [-0.2, 0) is 0 Å². The van der Waals surface area contributed by atoms with Crippen LogP contribution in [0.1, 0.15) is 36.6 Å². The number of aryl methyl sites for hydroxylation is 2. The lowest BCUT2D eigenvalue weighted by atomic mass is 9.97. The van der Waals surface area contributed by atoms with Gasteiger partial charge in [-0.25, -0.2) is 0 Å². The van der Waals surface area contributed by atoms with Crippen molar-refractivity contribution in [2.45, 2.75) is 33.7 Å². The lowest BCUT2D eigenvalue weighted by molar-refractivity contribution is 0.223. The van der Waals surface area contributed by atoms with E-state index >= 15 is 0 Å². The molecule has 2 N–H and O–H groups in total. The summed E-state index contributed by atoms with van der Waals surface area (Å²) in [4.78, 5) is 2.42. The zero-order chi connectivity index (χ0) is 12.1. The first kappa shape index (κ1) is 13.2. The molecule has 1 aromatic carbocycles. The van der Waals surface area contributed by atoms with Crippen LogP contribution in [0.25, 0.3) is 0 Å². The summed E-state index contributed by atoms with van der Waals surface area (Å²) >= 11 is 0. The Kier molecular flexibility index (Phi) is 4.97. The van der Waals surface area contributed by atoms with Gasteiger partial charge in [0.05, 0.1) is 0 Å². The smallest absolute Gasteiger partial charge is 0.0472 e. The molecule has 0 aliphatic rings. The van der Waals surface area contributed by atoms with Gasteiger partial charge in [-0.2, -0.15) is 0 Å². The van der Waals surface area contributed by atoms with Crippen LogP contribution in [0.2, 0.25) is 0 Å². The molecule has 1 aromatic rings. The molecule has 0 aliphatic carbocycles. The SMILES string of the molecule is CCN(CC)C(CN)c1cc(C)ccc1C. The maximum absolute atomic E-state index is 5.93. The van der Waals surface area contributed by atoms with E-state index in [9.17, 15) is 0 Å². The number of hydrogen-bond acceptors (Lipinski definition) is 2. The van der Waals surface area contributed by atoms with Gasteiger partial charge < -0.3 is 5.73 Å². The maximum Gasteiger partial charge on any atom is 0.0472 e. The first-order valence-electron chi connectivity index (χ1n) is 6.15. The largest absolute Gasteiger partial charge is 0.329 e. The van der Waals surface area contributed by atoms with E-state index in [0.29, 0.717) is 12.6 Å². The number of nitrogens with zero attached hydrogens (tertiary/aromatic N) is 1. The van der Waals surface area contributed by atoms with E-state index in [1.807, 2.05) is 0 Å². The summed E-state index contributed by atoms with van der Waals surface area (Å²) in [6.07, 6.45) is 0. The van der Waals surface area contributed by atoms with E-state index in [1.165, 1.54) is 16.7 Å². The van der Waals surface area contributed by atoms with E-state index in [2.05, 4.69) is 50.8 Å². The number of rotatable bonds is 5. The highest BCUT2D eigenvalue weighted by Gasteiger charge is 2.17. The molecule has 0 saturated carbocycles. The first-order valence-corrected chi connectivity index (χ1v) is 6.15. The van der Waals surface area contributed by atoms with Gasteiger partial charge in [0.15, 0.2) is 0 Å². The number of hydrogen-bond donors (Lipinski definition) is 1. The van der Waals surface area contributed by atoms with Crippen molar-refractivity contribution >= 4 is 0 Å². The summed E-state index contributed by atoms with van der Waals surface area (Å²) in [7, 11) is 0. The molecule has 0 amide bonds. The Labute approximate surface area is 99.5 Å². The highest BCUT2D eigenvalue weighted by Crippen LogP contribution is 2.23. The Bertz CT molecular complexity index is 330. The van der Waals surface area contributed by atoms with E-state index in [-0.39, 0.29) is 0 Å². The Balaban J connectivity index is 3.06. The third-order valence-electron chi connectivity index (χ3n) is 3.27. The monoisotopic (exact) mass is 220 g/mol. The van der Waals surface area contributed by atoms with E-state index in [1.54, 1.807) is 0 Å².